The summed E-state index contributed by atoms with van der Waals surface area (Å²) in [6.07, 6.45) is -2.28. The van der Waals surface area contributed by atoms with Crippen molar-refractivity contribution in [3.05, 3.63) is 0 Å². The first kappa shape index (κ1) is 17.3. The van der Waals surface area contributed by atoms with Gasteiger partial charge in [0.25, 0.3) is 0 Å². The van der Waals surface area contributed by atoms with Gasteiger partial charge in [-0.3, -0.25) is 0 Å². The Labute approximate surface area is 103 Å². The highest BCUT2D eigenvalue weighted by atomic mass is 127. The number of alkyl halides is 1. The molecule has 0 saturated carbocycles. The van der Waals surface area contributed by atoms with E-state index < -0.39 is 21.8 Å². The molecule has 0 aliphatic rings. The zero-order valence-electron chi connectivity index (χ0n) is 9.31. The van der Waals surface area contributed by atoms with E-state index in [9.17, 15) is 10.2 Å². The van der Waals surface area contributed by atoms with E-state index in [-0.39, 0.29) is 5.92 Å². The largest absolute Gasteiger partial charge is 0.503 e. The fourth-order valence-electron chi connectivity index (χ4n) is 1.00. The molecule has 0 saturated heterocycles. The lowest BCUT2D eigenvalue weighted by molar-refractivity contribution is -0.0276. The maximum absolute atomic E-state index is 9.66. The van der Waals surface area contributed by atoms with Crippen LogP contribution in [0, 0.1) is 11.3 Å². The molecule has 0 amide bonds. The summed E-state index contributed by atoms with van der Waals surface area (Å²) in [4.78, 5) is 8.56. The third kappa shape index (κ3) is 7.80. The third-order valence-electron chi connectivity index (χ3n) is 2.01. The number of hydrogen-bond donors (Lipinski definition) is 4. The van der Waals surface area contributed by atoms with Gasteiger partial charge in [-0.15, -0.1) is 0 Å². The highest BCUT2D eigenvalue weighted by molar-refractivity contribution is 14.1. The van der Waals surface area contributed by atoms with Gasteiger partial charge >= 0.3 is 6.16 Å². The van der Waals surface area contributed by atoms with Gasteiger partial charge in [0.05, 0.1) is 6.10 Å². The molecule has 6 heteroatoms. The minimum Gasteiger partial charge on any atom is -0.450 e. The van der Waals surface area contributed by atoms with Crippen LogP contribution in [-0.2, 0) is 0 Å². The van der Waals surface area contributed by atoms with E-state index in [4.69, 9.17) is 15.0 Å². The number of halogens is 1. The van der Waals surface area contributed by atoms with E-state index in [1.54, 1.807) is 0 Å². The predicted molar refractivity (Wildman–Crippen MR) is 65.3 cm³/mol. The van der Waals surface area contributed by atoms with Crippen molar-refractivity contribution in [2.75, 3.05) is 0 Å². The second-order valence-electron chi connectivity index (χ2n) is 4.13. The van der Waals surface area contributed by atoms with E-state index in [1.165, 1.54) is 0 Å². The van der Waals surface area contributed by atoms with Crippen LogP contribution in [0.5, 0.6) is 0 Å². The van der Waals surface area contributed by atoms with E-state index in [2.05, 4.69) is 0 Å². The number of hydrogen-bond acceptors (Lipinski definition) is 3. The van der Waals surface area contributed by atoms with Crippen molar-refractivity contribution in [2.24, 2.45) is 11.3 Å². The first-order chi connectivity index (χ1) is 6.53. The van der Waals surface area contributed by atoms with Crippen LogP contribution in [0.1, 0.15) is 27.7 Å². The molecule has 0 rings (SSSR count). The first-order valence-corrected chi connectivity index (χ1v) is 5.70. The van der Waals surface area contributed by atoms with Crippen molar-refractivity contribution in [1.82, 2.24) is 0 Å². The van der Waals surface area contributed by atoms with Crippen LogP contribution in [0.4, 0.5) is 4.79 Å². The molecule has 0 aromatic heterocycles. The van der Waals surface area contributed by atoms with Gasteiger partial charge in [-0.2, -0.15) is 0 Å². The van der Waals surface area contributed by atoms with Gasteiger partial charge in [0.1, 0.15) is 4.11 Å². The summed E-state index contributed by atoms with van der Waals surface area (Å²) >= 11 is 1.93. The molecule has 0 fully saturated rings. The summed E-state index contributed by atoms with van der Waals surface area (Å²) in [6.45, 7) is 7.64. The SMILES string of the molecule is CC(C)C(O)C(C)(C)C(O)I.O=C(O)O. The molecule has 0 aliphatic heterocycles. The summed E-state index contributed by atoms with van der Waals surface area (Å²) in [5.41, 5.74) is -0.422. The Balaban J connectivity index is 0. The summed E-state index contributed by atoms with van der Waals surface area (Å²) in [7, 11) is 0. The Morgan fingerprint density at radius 1 is 1.20 bits per heavy atom. The maximum Gasteiger partial charge on any atom is 0.503 e. The molecule has 2 atom stereocenters. The van der Waals surface area contributed by atoms with Crippen LogP contribution in [-0.4, -0.2) is 36.8 Å². The Morgan fingerprint density at radius 3 is 1.53 bits per heavy atom. The van der Waals surface area contributed by atoms with E-state index in [0.29, 0.717) is 0 Å². The fraction of sp³-hybridized carbons (Fsp3) is 0.889. The molecule has 0 heterocycles. The average Bonchev–Trinajstić information content (AvgIpc) is 2.01. The summed E-state index contributed by atoms with van der Waals surface area (Å²) in [5, 5.41) is 32.9. The average molecular weight is 334 g/mol. The van der Waals surface area contributed by atoms with Gasteiger partial charge in [0.2, 0.25) is 0 Å². The van der Waals surface area contributed by atoms with Crippen LogP contribution in [0.25, 0.3) is 0 Å². The molecule has 0 spiro atoms. The van der Waals surface area contributed by atoms with Crippen LogP contribution >= 0.6 is 22.6 Å². The second kappa shape index (κ2) is 7.24. The van der Waals surface area contributed by atoms with Crippen LogP contribution in [0.3, 0.4) is 0 Å². The van der Waals surface area contributed by atoms with Crippen molar-refractivity contribution < 1.29 is 25.2 Å². The molecule has 92 valence electrons. The molecule has 0 bridgehead atoms. The Bertz CT molecular complexity index is 187. The molecule has 4 N–H and O–H groups in total. The minimum absolute atomic E-state index is 0.189. The molecule has 5 nitrogen and oxygen atoms in total. The number of carboxylic acid groups (broad SMARTS) is 2. The third-order valence-corrected chi connectivity index (χ3v) is 3.61. The van der Waals surface area contributed by atoms with Crippen molar-refractivity contribution in [3.8, 4) is 0 Å². The number of aliphatic hydroxyl groups is 2. The molecule has 2 unspecified atom stereocenters. The van der Waals surface area contributed by atoms with Gasteiger partial charge in [-0.05, 0) is 5.92 Å². The minimum atomic E-state index is -1.83. The van der Waals surface area contributed by atoms with Crippen molar-refractivity contribution in [3.63, 3.8) is 0 Å². The summed E-state index contributed by atoms with van der Waals surface area (Å²) < 4.78 is -0.502. The number of rotatable bonds is 3. The Kier molecular flexibility index (Phi) is 8.35. The molecular weight excluding hydrogens is 315 g/mol. The second-order valence-corrected chi connectivity index (χ2v) is 5.31. The topological polar surface area (TPSA) is 98.0 Å². The highest BCUT2D eigenvalue weighted by Crippen LogP contribution is 2.32. The van der Waals surface area contributed by atoms with Crippen LogP contribution in [0.2, 0.25) is 0 Å². The quantitative estimate of drug-likeness (QED) is 0.468. The fourth-order valence-corrected chi connectivity index (χ4v) is 1.37. The number of aliphatic hydroxyl groups excluding tert-OH is 2. The summed E-state index contributed by atoms with van der Waals surface area (Å²) in [5.74, 6) is 0.189. The predicted octanol–water partition coefficient (Wildman–Crippen LogP) is 2.01. The first-order valence-electron chi connectivity index (χ1n) is 4.45. The normalized spacial score (nSPS) is 15.2. The highest BCUT2D eigenvalue weighted by Gasteiger charge is 2.35. The Morgan fingerprint density at radius 2 is 1.47 bits per heavy atom. The van der Waals surface area contributed by atoms with E-state index in [1.807, 2.05) is 50.3 Å². The number of carbonyl (C=O) groups is 1. The van der Waals surface area contributed by atoms with Crippen LogP contribution in [0.15, 0.2) is 0 Å². The van der Waals surface area contributed by atoms with Crippen molar-refractivity contribution in [1.29, 1.82) is 0 Å². The smallest absolute Gasteiger partial charge is 0.450 e. The zero-order chi connectivity index (χ0) is 12.8. The molecule has 0 aromatic carbocycles. The van der Waals surface area contributed by atoms with Gasteiger partial charge in [0.15, 0.2) is 0 Å². The standard InChI is InChI=1S/C8H17IO2.CH2O3/c1-5(2)6(10)8(3,4)7(9)11;2-1(3)4/h5-7,10-11H,1-4H3;(H2,2,3,4). The molecular formula is C9H19IO5. The lowest BCUT2D eigenvalue weighted by Gasteiger charge is -2.34. The van der Waals surface area contributed by atoms with Gasteiger partial charge < -0.3 is 20.4 Å². The molecule has 0 aliphatic carbocycles. The lowest BCUT2D eigenvalue weighted by atomic mass is 9.81. The van der Waals surface area contributed by atoms with Gasteiger partial charge in [0, 0.05) is 5.41 Å². The maximum atomic E-state index is 9.66. The summed E-state index contributed by atoms with van der Waals surface area (Å²) in [6, 6.07) is 0. The monoisotopic (exact) mass is 334 g/mol. The van der Waals surface area contributed by atoms with E-state index in [0.717, 1.165) is 0 Å². The van der Waals surface area contributed by atoms with Gasteiger partial charge in [-0.1, -0.05) is 50.3 Å². The van der Waals surface area contributed by atoms with E-state index >= 15 is 0 Å². The molecule has 0 radical (unpaired) electrons. The lowest BCUT2D eigenvalue weighted by Crippen LogP contribution is -2.40. The Hall–Kier alpha value is -0.0800. The van der Waals surface area contributed by atoms with Gasteiger partial charge in [-0.25, -0.2) is 4.79 Å². The van der Waals surface area contributed by atoms with Crippen molar-refractivity contribution >= 4 is 28.7 Å². The zero-order valence-corrected chi connectivity index (χ0v) is 11.5. The molecule has 0 aromatic rings. The van der Waals surface area contributed by atoms with Crippen molar-refractivity contribution in [2.45, 2.75) is 37.9 Å². The molecule has 15 heavy (non-hydrogen) atoms. The van der Waals surface area contributed by atoms with Crippen LogP contribution < -0.4 is 0 Å².